The molecule has 4 rings (SSSR count). The van der Waals surface area contributed by atoms with Gasteiger partial charge in [-0.25, -0.2) is 0 Å². The van der Waals surface area contributed by atoms with Crippen LogP contribution in [-0.2, 0) is 0 Å². The van der Waals surface area contributed by atoms with E-state index < -0.39 is 0 Å². The maximum Gasteiger partial charge on any atom is 0.231 e. The molecule has 0 fully saturated rings. The number of aryl methyl sites for hydroxylation is 1. The molecule has 0 radical (unpaired) electrons. The van der Waals surface area contributed by atoms with Gasteiger partial charge in [-0.1, -0.05) is 12.1 Å². The zero-order valence-corrected chi connectivity index (χ0v) is 12.8. The van der Waals surface area contributed by atoms with Gasteiger partial charge < -0.3 is 14.5 Å². The molecule has 3 aromatic rings. The van der Waals surface area contributed by atoms with E-state index in [0.717, 1.165) is 28.4 Å². The molecule has 0 atom stereocenters. The van der Waals surface area contributed by atoms with Crippen LogP contribution < -0.4 is 9.47 Å². The molecule has 1 aromatic heterocycles. The molecule has 4 nitrogen and oxygen atoms in total. The van der Waals surface area contributed by atoms with Crippen LogP contribution in [0.2, 0.25) is 0 Å². The van der Waals surface area contributed by atoms with Crippen molar-refractivity contribution in [3.05, 3.63) is 59.0 Å². The third-order valence-electron chi connectivity index (χ3n) is 3.68. The second-order valence-electron chi connectivity index (χ2n) is 5.25. The fourth-order valence-corrected chi connectivity index (χ4v) is 2.84. The van der Waals surface area contributed by atoms with Gasteiger partial charge in [-0.3, -0.25) is 4.57 Å². The minimum Gasteiger partial charge on any atom is -0.454 e. The summed E-state index contributed by atoms with van der Waals surface area (Å²) in [6, 6.07) is 14.1. The number of aromatic nitrogens is 2. The van der Waals surface area contributed by atoms with Crippen molar-refractivity contribution in [1.82, 2.24) is 9.55 Å². The number of ether oxygens (including phenoxy) is 2. The predicted octanol–water partition coefficient (Wildman–Crippen LogP) is 4.24. The van der Waals surface area contributed by atoms with Crippen molar-refractivity contribution in [2.45, 2.75) is 6.92 Å². The van der Waals surface area contributed by atoms with Gasteiger partial charge in [0.2, 0.25) is 6.79 Å². The Hall–Kier alpha value is -2.53. The lowest BCUT2D eigenvalue weighted by molar-refractivity contribution is 0.174. The fourth-order valence-electron chi connectivity index (χ4n) is 2.58. The molecule has 5 heteroatoms. The van der Waals surface area contributed by atoms with Crippen molar-refractivity contribution in [2.75, 3.05) is 6.79 Å². The Morgan fingerprint density at radius 3 is 2.82 bits per heavy atom. The molecule has 0 saturated heterocycles. The Morgan fingerprint density at radius 1 is 1.09 bits per heavy atom. The van der Waals surface area contributed by atoms with Crippen molar-refractivity contribution < 1.29 is 9.47 Å². The number of hydrogen-bond donors (Lipinski definition) is 1. The quantitative estimate of drug-likeness (QED) is 0.720. The van der Waals surface area contributed by atoms with Crippen LogP contribution in [0.3, 0.4) is 0 Å². The fraction of sp³-hybridized carbons (Fsp3) is 0.118. The molecule has 22 heavy (non-hydrogen) atoms. The standard InChI is InChI=1S/C17H14N2O2S/c1-11-3-2-4-13(7-11)19-9-14(18-17(19)22)12-5-6-15-16(8-12)21-10-20-15/h2-9H,10H2,1H3,(H,18,22). The predicted molar refractivity (Wildman–Crippen MR) is 87.2 cm³/mol. The lowest BCUT2D eigenvalue weighted by Gasteiger charge is -2.03. The van der Waals surface area contributed by atoms with Gasteiger partial charge in [0.25, 0.3) is 0 Å². The molecule has 1 N–H and O–H groups in total. The molecule has 0 spiro atoms. The van der Waals surface area contributed by atoms with Gasteiger partial charge in [-0.2, -0.15) is 0 Å². The Morgan fingerprint density at radius 2 is 1.95 bits per heavy atom. The van der Waals surface area contributed by atoms with Crippen LogP contribution >= 0.6 is 12.2 Å². The number of rotatable bonds is 2. The maximum absolute atomic E-state index is 5.45. The van der Waals surface area contributed by atoms with E-state index in [1.807, 2.05) is 41.1 Å². The molecule has 0 bridgehead atoms. The highest BCUT2D eigenvalue weighted by molar-refractivity contribution is 7.71. The number of aromatic amines is 1. The average molecular weight is 310 g/mol. The van der Waals surface area contributed by atoms with Crippen molar-refractivity contribution >= 4 is 12.2 Å². The van der Waals surface area contributed by atoms with E-state index in [4.69, 9.17) is 21.7 Å². The molecule has 0 aliphatic carbocycles. The van der Waals surface area contributed by atoms with Gasteiger partial charge in [-0.05, 0) is 55.0 Å². The Kier molecular flexibility index (Phi) is 3.01. The number of hydrogen-bond acceptors (Lipinski definition) is 3. The second kappa shape index (κ2) is 5.03. The summed E-state index contributed by atoms with van der Waals surface area (Å²) in [5.74, 6) is 1.54. The van der Waals surface area contributed by atoms with Crippen LogP contribution in [0.25, 0.3) is 16.9 Å². The summed E-state index contributed by atoms with van der Waals surface area (Å²) in [7, 11) is 0. The molecule has 0 amide bonds. The van der Waals surface area contributed by atoms with E-state index in [1.54, 1.807) is 0 Å². The van der Waals surface area contributed by atoms with Crippen molar-refractivity contribution in [3.8, 4) is 28.4 Å². The smallest absolute Gasteiger partial charge is 0.231 e. The zero-order valence-electron chi connectivity index (χ0n) is 12.0. The first kappa shape index (κ1) is 13.2. The van der Waals surface area contributed by atoms with Gasteiger partial charge in [0.15, 0.2) is 16.3 Å². The maximum atomic E-state index is 5.45. The van der Waals surface area contributed by atoms with Crippen LogP contribution in [0.1, 0.15) is 5.56 Å². The van der Waals surface area contributed by atoms with Gasteiger partial charge in [0.05, 0.1) is 5.69 Å². The molecule has 110 valence electrons. The highest BCUT2D eigenvalue weighted by atomic mass is 32.1. The summed E-state index contributed by atoms with van der Waals surface area (Å²) < 4.78 is 13.4. The number of nitrogens with one attached hydrogen (secondary N) is 1. The van der Waals surface area contributed by atoms with Gasteiger partial charge in [0.1, 0.15) is 0 Å². The zero-order chi connectivity index (χ0) is 15.1. The lowest BCUT2D eigenvalue weighted by atomic mass is 10.1. The summed E-state index contributed by atoms with van der Waals surface area (Å²) in [6.45, 7) is 2.34. The molecule has 2 aromatic carbocycles. The minimum absolute atomic E-state index is 0.277. The van der Waals surface area contributed by atoms with Crippen LogP contribution in [0.15, 0.2) is 48.7 Å². The van der Waals surface area contributed by atoms with Gasteiger partial charge in [-0.15, -0.1) is 0 Å². The highest BCUT2D eigenvalue weighted by Crippen LogP contribution is 2.35. The molecule has 0 unspecified atom stereocenters. The molecule has 1 aliphatic heterocycles. The van der Waals surface area contributed by atoms with E-state index in [2.05, 4.69) is 24.0 Å². The van der Waals surface area contributed by atoms with Gasteiger partial charge >= 0.3 is 0 Å². The van der Waals surface area contributed by atoms with Crippen LogP contribution in [-0.4, -0.2) is 16.3 Å². The molecule has 1 aliphatic rings. The third kappa shape index (κ3) is 2.19. The van der Waals surface area contributed by atoms with Crippen LogP contribution in [0, 0.1) is 11.7 Å². The largest absolute Gasteiger partial charge is 0.454 e. The minimum atomic E-state index is 0.277. The Balaban J connectivity index is 1.79. The normalized spacial score (nSPS) is 12.6. The highest BCUT2D eigenvalue weighted by Gasteiger charge is 2.15. The van der Waals surface area contributed by atoms with E-state index in [9.17, 15) is 0 Å². The topological polar surface area (TPSA) is 39.2 Å². The Bertz CT molecular complexity index is 911. The van der Waals surface area contributed by atoms with Gasteiger partial charge in [0, 0.05) is 17.4 Å². The molecular formula is C17H14N2O2S. The molecular weight excluding hydrogens is 296 g/mol. The number of fused-ring (bicyclic) bond motifs is 1. The first-order valence-corrected chi connectivity index (χ1v) is 7.40. The SMILES string of the molecule is Cc1cccc(-n2cc(-c3ccc4c(c3)OCO4)[nH]c2=S)c1. The summed E-state index contributed by atoms with van der Waals surface area (Å²) in [6.07, 6.45) is 2.01. The number of H-pyrrole nitrogens is 1. The van der Waals surface area contributed by atoms with Crippen LogP contribution in [0.4, 0.5) is 0 Å². The summed E-state index contributed by atoms with van der Waals surface area (Å²) in [4.78, 5) is 3.25. The average Bonchev–Trinajstić information content (AvgIpc) is 3.12. The molecule has 2 heterocycles. The summed E-state index contributed by atoms with van der Waals surface area (Å²) in [5.41, 5.74) is 4.21. The van der Waals surface area contributed by atoms with E-state index in [0.29, 0.717) is 4.77 Å². The van der Waals surface area contributed by atoms with Crippen molar-refractivity contribution in [2.24, 2.45) is 0 Å². The number of imidazole rings is 1. The van der Waals surface area contributed by atoms with Crippen molar-refractivity contribution in [1.29, 1.82) is 0 Å². The monoisotopic (exact) mass is 310 g/mol. The molecule has 0 saturated carbocycles. The summed E-state index contributed by atoms with van der Waals surface area (Å²) in [5, 5.41) is 0. The first-order chi connectivity index (χ1) is 10.7. The number of nitrogens with zero attached hydrogens (tertiary/aromatic N) is 1. The second-order valence-corrected chi connectivity index (χ2v) is 5.64. The number of benzene rings is 2. The van der Waals surface area contributed by atoms with Crippen LogP contribution in [0.5, 0.6) is 11.5 Å². The Labute approximate surface area is 132 Å². The van der Waals surface area contributed by atoms with E-state index in [-0.39, 0.29) is 6.79 Å². The van der Waals surface area contributed by atoms with E-state index >= 15 is 0 Å². The first-order valence-electron chi connectivity index (χ1n) is 6.99. The third-order valence-corrected chi connectivity index (χ3v) is 3.98. The lowest BCUT2D eigenvalue weighted by Crippen LogP contribution is -1.92. The summed E-state index contributed by atoms with van der Waals surface area (Å²) >= 11 is 5.45. The van der Waals surface area contributed by atoms with Crippen molar-refractivity contribution in [3.63, 3.8) is 0 Å². The van der Waals surface area contributed by atoms with E-state index in [1.165, 1.54) is 5.56 Å².